The first-order chi connectivity index (χ1) is 12.7. The lowest BCUT2D eigenvalue weighted by molar-refractivity contribution is -0.0247. The molecule has 1 fully saturated rings. The minimum Gasteiger partial charge on any atom is -0.368 e. The molecule has 1 aromatic carbocycles. The van der Waals surface area contributed by atoms with Crippen LogP contribution in [0.25, 0.3) is 11.1 Å². The number of carbonyl (C=O) groups is 1. The number of benzene rings is 1. The van der Waals surface area contributed by atoms with Gasteiger partial charge < -0.3 is 9.64 Å². The van der Waals surface area contributed by atoms with Gasteiger partial charge in [0.2, 0.25) is 0 Å². The first-order valence-corrected chi connectivity index (χ1v) is 8.61. The molecule has 1 saturated heterocycles. The van der Waals surface area contributed by atoms with E-state index in [1.807, 2.05) is 73.0 Å². The van der Waals surface area contributed by atoms with Crippen LogP contribution in [0.5, 0.6) is 0 Å². The van der Waals surface area contributed by atoms with Crippen molar-refractivity contribution in [3.05, 3.63) is 72.3 Å². The number of hydrogen-bond donors (Lipinski definition) is 0. The number of aryl methyl sites for hydroxylation is 1. The summed E-state index contributed by atoms with van der Waals surface area (Å²) in [5.41, 5.74) is 3.57. The minimum atomic E-state index is -0.209. The highest BCUT2D eigenvalue weighted by Crippen LogP contribution is 2.24. The van der Waals surface area contributed by atoms with Crippen molar-refractivity contribution in [3.8, 4) is 11.1 Å². The molecule has 3 heterocycles. The Balaban J connectivity index is 1.48. The van der Waals surface area contributed by atoms with Crippen LogP contribution in [0.15, 0.2) is 61.1 Å². The third-order valence-corrected chi connectivity index (χ3v) is 4.53. The van der Waals surface area contributed by atoms with Crippen LogP contribution in [0.1, 0.15) is 22.2 Å². The second-order valence-corrected chi connectivity index (χ2v) is 6.35. The molecule has 0 N–H and O–H groups in total. The van der Waals surface area contributed by atoms with E-state index in [0.717, 1.165) is 16.8 Å². The second-order valence-electron chi connectivity index (χ2n) is 6.35. The number of amides is 1. The molecule has 1 atom stereocenters. The van der Waals surface area contributed by atoms with E-state index >= 15 is 0 Å². The van der Waals surface area contributed by atoms with Crippen molar-refractivity contribution in [1.29, 1.82) is 0 Å². The molecule has 6 nitrogen and oxygen atoms in total. The summed E-state index contributed by atoms with van der Waals surface area (Å²) in [4.78, 5) is 19.0. The number of hydrogen-bond acceptors (Lipinski definition) is 4. The first kappa shape index (κ1) is 16.5. The van der Waals surface area contributed by atoms with Gasteiger partial charge in [-0.25, -0.2) is 0 Å². The fraction of sp³-hybridized carbons (Fsp3) is 0.250. The van der Waals surface area contributed by atoms with Gasteiger partial charge in [0.1, 0.15) is 6.10 Å². The molecule has 26 heavy (non-hydrogen) atoms. The summed E-state index contributed by atoms with van der Waals surface area (Å²) in [6, 6.07) is 13.3. The summed E-state index contributed by atoms with van der Waals surface area (Å²) in [5.74, 6) is 0.0332. The monoisotopic (exact) mass is 348 g/mol. The number of nitrogens with zero attached hydrogens (tertiary/aromatic N) is 4. The maximum atomic E-state index is 12.7. The Labute approximate surface area is 152 Å². The smallest absolute Gasteiger partial charge is 0.254 e. The average molecular weight is 348 g/mol. The minimum absolute atomic E-state index is 0.0332. The zero-order chi connectivity index (χ0) is 17.9. The van der Waals surface area contributed by atoms with Crippen molar-refractivity contribution < 1.29 is 9.53 Å². The van der Waals surface area contributed by atoms with E-state index in [1.165, 1.54) is 0 Å². The molecule has 1 aliphatic heterocycles. The van der Waals surface area contributed by atoms with E-state index in [0.29, 0.717) is 25.3 Å². The SMILES string of the molecule is Cn1cc(-c2ccc([C@H]3CN(C(=O)c4ccccc4)CCO3)nc2)cn1. The van der Waals surface area contributed by atoms with Gasteiger partial charge in [-0.15, -0.1) is 0 Å². The lowest BCUT2D eigenvalue weighted by Gasteiger charge is -2.32. The van der Waals surface area contributed by atoms with Gasteiger partial charge in [-0.1, -0.05) is 24.3 Å². The van der Waals surface area contributed by atoms with Crippen molar-refractivity contribution in [2.24, 2.45) is 7.05 Å². The van der Waals surface area contributed by atoms with Crippen molar-refractivity contribution >= 4 is 5.91 Å². The molecule has 2 aromatic heterocycles. The van der Waals surface area contributed by atoms with E-state index < -0.39 is 0 Å². The summed E-state index contributed by atoms with van der Waals surface area (Å²) in [6.07, 6.45) is 5.38. The Morgan fingerprint density at radius 2 is 1.96 bits per heavy atom. The molecule has 0 unspecified atom stereocenters. The molecule has 3 aromatic rings. The van der Waals surface area contributed by atoms with Crippen LogP contribution in [0.3, 0.4) is 0 Å². The Morgan fingerprint density at radius 3 is 2.65 bits per heavy atom. The zero-order valence-electron chi connectivity index (χ0n) is 14.6. The van der Waals surface area contributed by atoms with Crippen molar-refractivity contribution in [2.45, 2.75) is 6.10 Å². The molecule has 0 saturated carbocycles. The first-order valence-electron chi connectivity index (χ1n) is 8.61. The van der Waals surface area contributed by atoms with Gasteiger partial charge in [0.05, 0.1) is 25.0 Å². The van der Waals surface area contributed by atoms with E-state index in [4.69, 9.17) is 4.74 Å². The Kier molecular flexibility index (Phi) is 4.50. The molecule has 0 bridgehead atoms. The normalized spacial score (nSPS) is 17.3. The number of aromatic nitrogens is 3. The van der Waals surface area contributed by atoms with Crippen molar-refractivity contribution in [2.75, 3.05) is 19.7 Å². The zero-order valence-corrected chi connectivity index (χ0v) is 14.6. The second kappa shape index (κ2) is 7.09. The lowest BCUT2D eigenvalue weighted by atomic mass is 10.1. The standard InChI is InChI=1S/C20H20N4O2/c1-23-13-17(12-22-23)16-7-8-18(21-11-16)19-14-24(9-10-26-19)20(25)15-5-3-2-4-6-15/h2-8,11-13,19H,9-10,14H2,1H3/t19-/m1/s1. The molecule has 1 aliphatic rings. The van der Waals surface area contributed by atoms with Gasteiger partial charge in [-0.2, -0.15) is 5.10 Å². The van der Waals surface area contributed by atoms with E-state index in [2.05, 4.69) is 10.1 Å². The van der Waals surface area contributed by atoms with Crippen LogP contribution in [0.2, 0.25) is 0 Å². The van der Waals surface area contributed by atoms with Gasteiger partial charge in [0.25, 0.3) is 5.91 Å². The lowest BCUT2D eigenvalue weighted by Crippen LogP contribution is -2.42. The fourth-order valence-corrected chi connectivity index (χ4v) is 3.11. The number of carbonyl (C=O) groups excluding carboxylic acids is 1. The van der Waals surface area contributed by atoms with E-state index in [1.54, 1.807) is 4.68 Å². The number of pyridine rings is 1. The molecule has 0 radical (unpaired) electrons. The molecule has 4 rings (SSSR count). The third-order valence-electron chi connectivity index (χ3n) is 4.53. The Hall–Kier alpha value is -2.99. The van der Waals surface area contributed by atoms with E-state index in [9.17, 15) is 4.79 Å². The predicted octanol–water partition coefficient (Wildman–Crippen LogP) is 2.70. The largest absolute Gasteiger partial charge is 0.368 e. The molecule has 0 aliphatic carbocycles. The van der Waals surface area contributed by atoms with Gasteiger partial charge in [0.15, 0.2) is 0 Å². The quantitative estimate of drug-likeness (QED) is 0.730. The Morgan fingerprint density at radius 1 is 1.12 bits per heavy atom. The maximum absolute atomic E-state index is 12.7. The highest BCUT2D eigenvalue weighted by atomic mass is 16.5. The van der Waals surface area contributed by atoms with Crippen molar-refractivity contribution in [3.63, 3.8) is 0 Å². The molecule has 0 spiro atoms. The molecule has 6 heteroatoms. The summed E-state index contributed by atoms with van der Waals surface area (Å²) in [5, 5.41) is 4.18. The van der Waals surface area contributed by atoms with Gasteiger partial charge in [-0.05, 0) is 18.2 Å². The third kappa shape index (κ3) is 3.36. The maximum Gasteiger partial charge on any atom is 0.254 e. The van der Waals surface area contributed by atoms with E-state index in [-0.39, 0.29) is 12.0 Å². The Bertz CT molecular complexity index is 890. The summed E-state index contributed by atoms with van der Waals surface area (Å²) >= 11 is 0. The van der Waals surface area contributed by atoms with Gasteiger partial charge >= 0.3 is 0 Å². The van der Waals surface area contributed by atoms with Crippen LogP contribution in [0, 0.1) is 0 Å². The summed E-state index contributed by atoms with van der Waals surface area (Å²) in [7, 11) is 1.89. The summed E-state index contributed by atoms with van der Waals surface area (Å²) in [6.45, 7) is 1.61. The van der Waals surface area contributed by atoms with Crippen LogP contribution in [0.4, 0.5) is 0 Å². The van der Waals surface area contributed by atoms with Crippen LogP contribution in [-0.2, 0) is 11.8 Å². The number of morpholine rings is 1. The van der Waals surface area contributed by atoms with Crippen LogP contribution >= 0.6 is 0 Å². The van der Waals surface area contributed by atoms with Crippen LogP contribution < -0.4 is 0 Å². The van der Waals surface area contributed by atoms with Crippen molar-refractivity contribution in [1.82, 2.24) is 19.7 Å². The highest BCUT2D eigenvalue weighted by molar-refractivity contribution is 5.94. The number of ether oxygens (including phenoxy) is 1. The fourth-order valence-electron chi connectivity index (χ4n) is 3.11. The van der Waals surface area contributed by atoms with Crippen LogP contribution in [-0.4, -0.2) is 45.3 Å². The molecular formula is C20H20N4O2. The topological polar surface area (TPSA) is 60.2 Å². The summed E-state index contributed by atoms with van der Waals surface area (Å²) < 4.78 is 7.62. The molecular weight excluding hydrogens is 328 g/mol. The molecule has 1 amide bonds. The van der Waals surface area contributed by atoms with Gasteiger partial charge in [0, 0.05) is 42.7 Å². The number of rotatable bonds is 3. The highest BCUT2D eigenvalue weighted by Gasteiger charge is 2.26. The average Bonchev–Trinajstić information content (AvgIpc) is 3.15. The van der Waals surface area contributed by atoms with Gasteiger partial charge in [-0.3, -0.25) is 14.5 Å². The molecule has 132 valence electrons. The predicted molar refractivity (Wildman–Crippen MR) is 97.5 cm³/mol.